The topological polar surface area (TPSA) is 73.2 Å². The van der Waals surface area contributed by atoms with Crippen LogP contribution in [0, 0.1) is 6.92 Å². The number of nitrogens with one attached hydrogen (secondary N) is 1. The number of rotatable bonds is 8. The highest BCUT2D eigenvalue weighted by atomic mass is 35.5. The smallest absolute Gasteiger partial charge is 0.329 e. The number of carbonyl (C=O) groups is 2. The molecule has 0 radical (unpaired) electrons. The normalized spacial score (nSPS) is 14.4. The summed E-state index contributed by atoms with van der Waals surface area (Å²) in [5.74, 6) is -0.980. The van der Waals surface area contributed by atoms with E-state index in [4.69, 9.17) is 56.2 Å². The van der Waals surface area contributed by atoms with Crippen LogP contribution in [0.15, 0.2) is 66.7 Å². The second-order valence-corrected chi connectivity index (χ2v) is 12.1. The quantitative estimate of drug-likeness (QED) is 0.195. The van der Waals surface area contributed by atoms with Crippen molar-refractivity contribution in [3.8, 4) is 16.9 Å². The minimum absolute atomic E-state index is 0.150. The Morgan fingerprint density at radius 3 is 2.17 bits per heavy atom. The molecule has 4 aromatic rings. The van der Waals surface area contributed by atoms with Crippen LogP contribution in [-0.2, 0) is 16.0 Å². The molecule has 0 spiro atoms. The molecule has 0 bridgehead atoms. The molecule has 1 aliphatic carbocycles. The highest BCUT2D eigenvalue weighted by Crippen LogP contribution is 2.33. The Kier molecular flexibility index (Phi) is 9.79. The molecule has 0 aliphatic heterocycles. The van der Waals surface area contributed by atoms with E-state index in [1.54, 1.807) is 54.1 Å². The van der Waals surface area contributed by atoms with Gasteiger partial charge in [-0.1, -0.05) is 77.1 Å². The molecule has 1 atom stereocenters. The molecule has 6 nitrogen and oxygen atoms in total. The third-order valence-electron chi connectivity index (χ3n) is 7.37. The van der Waals surface area contributed by atoms with Crippen molar-refractivity contribution in [1.29, 1.82) is 0 Å². The fraction of sp³-hybridized carbons (Fsp3) is 0.281. The molecule has 5 rings (SSSR count). The maximum atomic E-state index is 13.8. The zero-order valence-electron chi connectivity index (χ0n) is 22.9. The first-order valence-electron chi connectivity index (χ1n) is 13.8. The number of hydrogen-bond donors (Lipinski definition) is 1. The highest BCUT2D eigenvalue weighted by molar-refractivity contribution is 6.35. The van der Waals surface area contributed by atoms with Crippen molar-refractivity contribution in [2.75, 3.05) is 0 Å². The first-order valence-corrected chi connectivity index (χ1v) is 15.3. The van der Waals surface area contributed by atoms with Crippen LogP contribution in [0.1, 0.15) is 53.7 Å². The summed E-state index contributed by atoms with van der Waals surface area (Å²) in [5.41, 5.74) is 3.57. The molecule has 1 aliphatic rings. The SMILES string of the molecule is Cc1c(C(=O)N[C@@H](Cc2ccc(Cl)cc2)C(=O)OC2CCCCC2)nn(-c2ccc(Cl)cc2Cl)c1-c1ccc(Cl)cc1. The van der Waals surface area contributed by atoms with Gasteiger partial charge in [0.05, 0.1) is 16.4 Å². The zero-order valence-corrected chi connectivity index (χ0v) is 25.9. The van der Waals surface area contributed by atoms with Gasteiger partial charge in [0.25, 0.3) is 5.91 Å². The fourth-order valence-electron chi connectivity index (χ4n) is 5.19. The summed E-state index contributed by atoms with van der Waals surface area (Å²) in [4.78, 5) is 27.3. The van der Waals surface area contributed by atoms with Crippen LogP contribution in [0.5, 0.6) is 0 Å². The summed E-state index contributed by atoms with van der Waals surface area (Å²) < 4.78 is 7.49. The van der Waals surface area contributed by atoms with Crippen molar-refractivity contribution in [2.45, 2.75) is 57.6 Å². The fourth-order valence-corrected chi connectivity index (χ4v) is 5.93. The Hall–Kier alpha value is -3.03. The zero-order chi connectivity index (χ0) is 29.8. The molecule has 0 unspecified atom stereocenters. The van der Waals surface area contributed by atoms with E-state index in [2.05, 4.69) is 5.32 Å². The third-order valence-corrected chi connectivity index (χ3v) is 8.41. The predicted molar refractivity (Wildman–Crippen MR) is 168 cm³/mol. The summed E-state index contributed by atoms with van der Waals surface area (Å²) >= 11 is 24.9. The van der Waals surface area contributed by atoms with E-state index in [9.17, 15) is 9.59 Å². The van der Waals surface area contributed by atoms with Gasteiger partial charge in [-0.25, -0.2) is 9.48 Å². The Morgan fingerprint density at radius 2 is 1.52 bits per heavy atom. The lowest BCUT2D eigenvalue weighted by molar-refractivity contribution is -0.152. The van der Waals surface area contributed by atoms with Crippen molar-refractivity contribution < 1.29 is 14.3 Å². The second-order valence-electron chi connectivity index (χ2n) is 10.4. The van der Waals surface area contributed by atoms with Gasteiger partial charge in [0.15, 0.2) is 5.69 Å². The molecule has 1 saturated carbocycles. The molecule has 218 valence electrons. The van der Waals surface area contributed by atoms with Gasteiger partial charge in [0.1, 0.15) is 12.1 Å². The van der Waals surface area contributed by atoms with E-state index >= 15 is 0 Å². The maximum absolute atomic E-state index is 13.8. The number of ether oxygens (including phenoxy) is 1. The van der Waals surface area contributed by atoms with Crippen molar-refractivity contribution >= 4 is 58.3 Å². The molecule has 1 aromatic heterocycles. The van der Waals surface area contributed by atoms with E-state index in [1.165, 1.54) is 0 Å². The molecule has 1 amide bonds. The van der Waals surface area contributed by atoms with Crippen LogP contribution in [0.25, 0.3) is 16.9 Å². The minimum atomic E-state index is -0.928. The Balaban J connectivity index is 1.50. The average molecular weight is 645 g/mol. The molecule has 1 heterocycles. The van der Waals surface area contributed by atoms with Gasteiger partial charge < -0.3 is 10.1 Å². The number of esters is 1. The van der Waals surface area contributed by atoms with E-state index in [0.29, 0.717) is 37.0 Å². The van der Waals surface area contributed by atoms with Crippen LogP contribution < -0.4 is 5.32 Å². The van der Waals surface area contributed by atoms with Gasteiger partial charge in [-0.3, -0.25) is 4.79 Å². The van der Waals surface area contributed by atoms with Crippen LogP contribution in [0.2, 0.25) is 20.1 Å². The van der Waals surface area contributed by atoms with E-state index in [1.807, 2.05) is 24.3 Å². The first kappa shape index (κ1) is 30.4. The Labute approximate surface area is 264 Å². The lowest BCUT2D eigenvalue weighted by Gasteiger charge is -2.25. The molecule has 0 saturated heterocycles. The molecule has 42 heavy (non-hydrogen) atoms. The van der Waals surface area contributed by atoms with Crippen molar-refractivity contribution in [1.82, 2.24) is 15.1 Å². The van der Waals surface area contributed by atoms with Gasteiger partial charge in [-0.2, -0.15) is 5.10 Å². The second kappa shape index (κ2) is 13.5. The van der Waals surface area contributed by atoms with E-state index < -0.39 is 17.9 Å². The van der Waals surface area contributed by atoms with Gasteiger partial charge in [-0.05, 0) is 80.6 Å². The molecule has 10 heteroatoms. The number of halogens is 4. The maximum Gasteiger partial charge on any atom is 0.329 e. The van der Waals surface area contributed by atoms with E-state index in [-0.39, 0.29) is 18.2 Å². The average Bonchev–Trinajstić information content (AvgIpc) is 3.31. The van der Waals surface area contributed by atoms with Crippen molar-refractivity contribution in [2.24, 2.45) is 0 Å². The summed E-state index contributed by atoms with van der Waals surface area (Å²) in [5, 5.41) is 9.59. The summed E-state index contributed by atoms with van der Waals surface area (Å²) in [7, 11) is 0. The number of nitrogens with zero attached hydrogens (tertiary/aromatic N) is 2. The Bertz CT molecular complexity index is 1580. The number of amides is 1. The summed E-state index contributed by atoms with van der Waals surface area (Å²) in [6, 6.07) is 18.5. The number of aromatic nitrogens is 2. The summed E-state index contributed by atoms with van der Waals surface area (Å²) in [6.07, 6.45) is 4.90. The van der Waals surface area contributed by atoms with E-state index in [0.717, 1.165) is 43.2 Å². The number of benzene rings is 3. The minimum Gasteiger partial charge on any atom is -0.461 e. The van der Waals surface area contributed by atoms with Crippen molar-refractivity contribution in [3.63, 3.8) is 0 Å². The molecular weight excluding hydrogens is 616 g/mol. The van der Waals surface area contributed by atoms with Gasteiger partial charge in [-0.15, -0.1) is 0 Å². The van der Waals surface area contributed by atoms with Crippen molar-refractivity contribution in [3.05, 3.63) is 104 Å². The van der Waals surface area contributed by atoms with Crippen LogP contribution in [0.3, 0.4) is 0 Å². The first-order chi connectivity index (χ1) is 20.2. The van der Waals surface area contributed by atoms with Crippen LogP contribution >= 0.6 is 46.4 Å². The monoisotopic (exact) mass is 643 g/mol. The van der Waals surface area contributed by atoms with Crippen LogP contribution in [-0.4, -0.2) is 33.8 Å². The van der Waals surface area contributed by atoms with Crippen LogP contribution in [0.4, 0.5) is 0 Å². The van der Waals surface area contributed by atoms with Gasteiger partial charge in [0.2, 0.25) is 0 Å². The highest BCUT2D eigenvalue weighted by Gasteiger charge is 2.30. The summed E-state index contributed by atoms with van der Waals surface area (Å²) in [6.45, 7) is 1.81. The van der Waals surface area contributed by atoms with Gasteiger partial charge in [0, 0.05) is 32.6 Å². The van der Waals surface area contributed by atoms with Gasteiger partial charge >= 0.3 is 5.97 Å². The third kappa shape index (κ3) is 7.12. The molecular formula is C32H29Cl4N3O3. The predicted octanol–water partition coefficient (Wildman–Crippen LogP) is 8.68. The lowest BCUT2D eigenvalue weighted by Crippen LogP contribution is -2.45. The molecule has 3 aromatic carbocycles. The number of hydrogen-bond acceptors (Lipinski definition) is 4. The standard InChI is InChI=1S/C32H29Cl4N3O3/c1-19-29(38-39(28-16-15-24(35)18-26(28)36)30(19)21-9-13-23(34)14-10-21)31(40)37-27(17-20-7-11-22(33)12-8-20)32(41)42-25-5-3-2-4-6-25/h7-16,18,25,27H,2-6,17H2,1H3,(H,37,40)/t27-/m0/s1. The Morgan fingerprint density at radius 1 is 0.905 bits per heavy atom. The largest absolute Gasteiger partial charge is 0.461 e. The molecule has 1 N–H and O–H groups in total. The molecule has 1 fully saturated rings. The number of carbonyl (C=O) groups excluding carboxylic acids is 2. The lowest BCUT2D eigenvalue weighted by atomic mass is 9.97.